The summed E-state index contributed by atoms with van der Waals surface area (Å²) in [6, 6.07) is 8.39. The first-order valence-corrected chi connectivity index (χ1v) is 7.77. The van der Waals surface area contributed by atoms with Gasteiger partial charge in [0, 0.05) is 23.3 Å². The maximum Gasteiger partial charge on any atom is 0.115 e. The number of hydrogen-bond acceptors (Lipinski definition) is 4. The lowest BCUT2D eigenvalue weighted by molar-refractivity contribution is 0.561. The van der Waals surface area contributed by atoms with Gasteiger partial charge in [-0.25, -0.2) is 4.98 Å². The fourth-order valence-electron chi connectivity index (χ4n) is 1.78. The maximum atomic E-state index is 4.52. The van der Waals surface area contributed by atoms with Crippen LogP contribution in [0.25, 0.3) is 0 Å². The molecule has 1 atom stereocenters. The van der Waals surface area contributed by atoms with Gasteiger partial charge in [0.1, 0.15) is 5.03 Å². The van der Waals surface area contributed by atoms with Crippen LogP contribution >= 0.6 is 27.7 Å². The van der Waals surface area contributed by atoms with Crippen LogP contribution < -0.4 is 5.32 Å². The predicted octanol–water partition coefficient (Wildman–Crippen LogP) is 4.06. The average Bonchev–Trinajstić information content (AvgIpc) is 2.44. The molecule has 0 fully saturated rings. The second kappa shape index (κ2) is 7.03. The molecule has 100 valence electrons. The Morgan fingerprint density at radius 1 is 1.32 bits per heavy atom. The van der Waals surface area contributed by atoms with Gasteiger partial charge in [0.25, 0.3) is 0 Å². The molecule has 0 saturated heterocycles. The van der Waals surface area contributed by atoms with Crippen molar-refractivity contribution in [3.63, 3.8) is 0 Å². The zero-order valence-electron chi connectivity index (χ0n) is 10.9. The molecule has 2 aromatic rings. The molecule has 0 aromatic carbocycles. The van der Waals surface area contributed by atoms with Crippen LogP contribution in [-0.4, -0.2) is 17.0 Å². The largest absolute Gasteiger partial charge is 0.312 e. The number of nitrogens with one attached hydrogen (secondary N) is 1. The number of halogens is 1. The van der Waals surface area contributed by atoms with E-state index in [2.05, 4.69) is 50.3 Å². The van der Waals surface area contributed by atoms with E-state index in [0.717, 1.165) is 26.5 Å². The molecule has 2 aromatic heterocycles. The van der Waals surface area contributed by atoms with Gasteiger partial charge in [0.2, 0.25) is 0 Å². The van der Waals surface area contributed by atoms with E-state index in [0.29, 0.717) is 6.04 Å². The van der Waals surface area contributed by atoms with Crippen LogP contribution in [0, 0.1) is 0 Å². The summed E-state index contributed by atoms with van der Waals surface area (Å²) in [5, 5.41) is 4.21. The summed E-state index contributed by atoms with van der Waals surface area (Å²) in [5.74, 6) is 0. The summed E-state index contributed by atoms with van der Waals surface area (Å²) in [6.45, 7) is 2.15. The van der Waals surface area contributed by atoms with Crippen molar-refractivity contribution >= 4 is 27.7 Å². The van der Waals surface area contributed by atoms with E-state index in [4.69, 9.17) is 0 Å². The average molecular weight is 338 g/mol. The molecule has 0 spiro atoms. The number of rotatable bonds is 5. The zero-order valence-corrected chi connectivity index (χ0v) is 13.3. The number of aromatic nitrogens is 2. The zero-order chi connectivity index (χ0) is 13.7. The first-order valence-electron chi connectivity index (χ1n) is 6.16. The van der Waals surface area contributed by atoms with Crippen molar-refractivity contribution in [2.45, 2.75) is 29.3 Å². The summed E-state index contributed by atoms with van der Waals surface area (Å²) in [7, 11) is 1.96. The molecular formula is C14H16BrN3S. The SMILES string of the molecule is CCC(NC)c1ccc(Sc2ncccc2Br)cn1. The summed E-state index contributed by atoms with van der Waals surface area (Å²) >= 11 is 5.11. The van der Waals surface area contributed by atoms with Gasteiger partial charge in [-0.15, -0.1) is 0 Å². The van der Waals surface area contributed by atoms with Gasteiger partial charge in [0.15, 0.2) is 0 Å². The van der Waals surface area contributed by atoms with Crippen molar-refractivity contribution in [2.24, 2.45) is 0 Å². The molecule has 0 aliphatic carbocycles. The van der Waals surface area contributed by atoms with Gasteiger partial charge in [-0.05, 0) is 53.7 Å². The van der Waals surface area contributed by atoms with Gasteiger partial charge < -0.3 is 5.32 Å². The van der Waals surface area contributed by atoms with Crippen molar-refractivity contribution < 1.29 is 0 Å². The smallest absolute Gasteiger partial charge is 0.115 e. The van der Waals surface area contributed by atoms with Gasteiger partial charge in [-0.1, -0.05) is 18.7 Å². The minimum atomic E-state index is 0.320. The number of pyridine rings is 2. The lowest BCUT2D eigenvalue weighted by Crippen LogP contribution is -2.16. The fourth-order valence-corrected chi connectivity index (χ4v) is 3.02. The Balaban J connectivity index is 2.13. The molecule has 3 nitrogen and oxygen atoms in total. The molecule has 0 amide bonds. The van der Waals surface area contributed by atoms with E-state index >= 15 is 0 Å². The minimum absolute atomic E-state index is 0.320. The van der Waals surface area contributed by atoms with Crippen LogP contribution in [0.15, 0.2) is 51.1 Å². The van der Waals surface area contributed by atoms with E-state index in [-0.39, 0.29) is 0 Å². The highest BCUT2D eigenvalue weighted by Crippen LogP contribution is 2.31. The maximum absolute atomic E-state index is 4.52. The molecule has 0 aliphatic heterocycles. The van der Waals surface area contributed by atoms with E-state index in [1.807, 2.05) is 25.4 Å². The fraction of sp³-hybridized carbons (Fsp3) is 0.286. The Kier molecular flexibility index (Phi) is 5.36. The van der Waals surface area contributed by atoms with Gasteiger partial charge in [0.05, 0.1) is 10.2 Å². The Morgan fingerprint density at radius 3 is 2.74 bits per heavy atom. The molecular weight excluding hydrogens is 322 g/mol. The normalized spacial score (nSPS) is 12.4. The highest BCUT2D eigenvalue weighted by atomic mass is 79.9. The van der Waals surface area contributed by atoms with Crippen LogP contribution in [0.3, 0.4) is 0 Å². The highest BCUT2D eigenvalue weighted by molar-refractivity contribution is 9.10. The Morgan fingerprint density at radius 2 is 2.16 bits per heavy atom. The second-order valence-corrected chi connectivity index (χ2v) is 5.98. The quantitative estimate of drug-likeness (QED) is 0.892. The Labute approximate surface area is 126 Å². The topological polar surface area (TPSA) is 37.8 Å². The predicted molar refractivity (Wildman–Crippen MR) is 82.4 cm³/mol. The van der Waals surface area contributed by atoms with Crippen LogP contribution in [0.5, 0.6) is 0 Å². The second-order valence-electron chi connectivity index (χ2n) is 4.06. The van der Waals surface area contributed by atoms with E-state index < -0.39 is 0 Å². The molecule has 0 aliphatic rings. The van der Waals surface area contributed by atoms with Gasteiger partial charge in [-0.3, -0.25) is 4.98 Å². The lowest BCUT2D eigenvalue weighted by Gasteiger charge is -2.13. The summed E-state index contributed by atoms with van der Waals surface area (Å²) in [4.78, 5) is 9.95. The van der Waals surface area contributed by atoms with Crippen molar-refractivity contribution in [1.82, 2.24) is 15.3 Å². The van der Waals surface area contributed by atoms with E-state index in [1.165, 1.54) is 0 Å². The first-order chi connectivity index (χ1) is 9.24. The number of hydrogen-bond donors (Lipinski definition) is 1. The monoisotopic (exact) mass is 337 g/mol. The molecule has 1 unspecified atom stereocenters. The summed E-state index contributed by atoms with van der Waals surface area (Å²) in [6.07, 6.45) is 4.73. The lowest BCUT2D eigenvalue weighted by atomic mass is 10.1. The molecule has 2 rings (SSSR count). The third kappa shape index (κ3) is 3.78. The van der Waals surface area contributed by atoms with E-state index in [9.17, 15) is 0 Å². The third-order valence-electron chi connectivity index (χ3n) is 2.81. The van der Waals surface area contributed by atoms with Gasteiger partial charge in [-0.2, -0.15) is 0 Å². The van der Waals surface area contributed by atoms with Gasteiger partial charge >= 0.3 is 0 Å². The molecule has 2 heterocycles. The standard InChI is InChI=1S/C14H16BrN3S/c1-3-12(16-2)13-7-6-10(9-18-13)19-14-11(15)5-4-8-17-14/h4-9,12,16H,3H2,1-2H3. The molecule has 0 saturated carbocycles. The van der Waals surface area contributed by atoms with Crippen molar-refractivity contribution in [2.75, 3.05) is 7.05 Å². The molecule has 1 N–H and O–H groups in total. The molecule has 0 radical (unpaired) electrons. The van der Waals surface area contributed by atoms with Crippen LogP contribution in [0.2, 0.25) is 0 Å². The minimum Gasteiger partial charge on any atom is -0.312 e. The third-order valence-corrected chi connectivity index (χ3v) is 4.71. The highest BCUT2D eigenvalue weighted by Gasteiger charge is 2.08. The van der Waals surface area contributed by atoms with Crippen LogP contribution in [0.1, 0.15) is 25.1 Å². The van der Waals surface area contributed by atoms with E-state index in [1.54, 1.807) is 18.0 Å². The van der Waals surface area contributed by atoms with Crippen molar-refractivity contribution in [3.05, 3.63) is 46.8 Å². The van der Waals surface area contributed by atoms with Crippen molar-refractivity contribution in [1.29, 1.82) is 0 Å². The van der Waals surface area contributed by atoms with Crippen molar-refractivity contribution in [3.8, 4) is 0 Å². The molecule has 0 bridgehead atoms. The van der Waals surface area contributed by atoms with Crippen LogP contribution in [-0.2, 0) is 0 Å². The Bertz CT molecular complexity index is 526. The van der Waals surface area contributed by atoms with Crippen LogP contribution in [0.4, 0.5) is 0 Å². The summed E-state index contributed by atoms with van der Waals surface area (Å²) < 4.78 is 1.01. The summed E-state index contributed by atoms with van der Waals surface area (Å²) in [5.41, 5.74) is 1.08. The molecule has 5 heteroatoms. The number of nitrogens with zero attached hydrogens (tertiary/aromatic N) is 2. The Hall–Kier alpha value is -0.910. The first kappa shape index (κ1) is 14.5. The molecule has 19 heavy (non-hydrogen) atoms.